The van der Waals surface area contributed by atoms with Crippen LogP contribution in [0.4, 0.5) is 0 Å². The molecule has 11 heavy (non-hydrogen) atoms. The summed E-state index contributed by atoms with van der Waals surface area (Å²) < 4.78 is 4.62. The first kappa shape index (κ1) is 7.69. The Balaban J connectivity index is 2.75. The molecule has 1 unspecified atom stereocenters. The van der Waals surface area contributed by atoms with E-state index in [2.05, 4.69) is 14.7 Å². The zero-order chi connectivity index (χ0) is 8.27. The van der Waals surface area contributed by atoms with Gasteiger partial charge in [-0.25, -0.2) is 0 Å². The molecule has 5 heteroatoms. The van der Waals surface area contributed by atoms with Crippen LogP contribution in [0.3, 0.4) is 0 Å². The zero-order valence-corrected chi connectivity index (χ0v) is 5.98. The molecule has 0 aromatic carbocycles. The van der Waals surface area contributed by atoms with Gasteiger partial charge in [0.15, 0.2) is 5.82 Å². The van der Waals surface area contributed by atoms with Crippen LogP contribution in [0.15, 0.2) is 4.52 Å². The van der Waals surface area contributed by atoms with Crippen LogP contribution in [-0.4, -0.2) is 15.2 Å². The molecule has 0 aliphatic rings. The van der Waals surface area contributed by atoms with E-state index in [-0.39, 0.29) is 12.3 Å². The minimum atomic E-state index is -0.769. The van der Waals surface area contributed by atoms with Crippen LogP contribution in [0.2, 0.25) is 0 Å². The Morgan fingerprint density at radius 1 is 1.82 bits per heavy atom. The maximum Gasteiger partial charge on any atom is 0.255 e. The molecule has 0 bridgehead atoms. The van der Waals surface area contributed by atoms with Crippen LogP contribution in [-0.2, 0) is 6.42 Å². The van der Waals surface area contributed by atoms with E-state index in [9.17, 15) is 0 Å². The topological polar surface area (TPSA) is 82.9 Å². The Bertz CT molecular complexity index is 274. The first-order valence-corrected chi connectivity index (χ1v) is 3.11. The van der Waals surface area contributed by atoms with Crippen molar-refractivity contribution in [2.45, 2.75) is 19.4 Å². The number of hydrogen-bond donors (Lipinski definition) is 1. The minimum Gasteiger partial charge on any atom is -0.384 e. The summed E-state index contributed by atoms with van der Waals surface area (Å²) in [6.07, 6.45) is -0.661. The van der Waals surface area contributed by atoms with Crippen molar-refractivity contribution < 1.29 is 9.63 Å². The molecule has 0 amide bonds. The smallest absolute Gasteiger partial charge is 0.255 e. The summed E-state index contributed by atoms with van der Waals surface area (Å²) in [5.41, 5.74) is 0. The summed E-state index contributed by atoms with van der Waals surface area (Å²) in [5, 5.41) is 20.6. The van der Waals surface area contributed by atoms with Crippen LogP contribution in [0.5, 0.6) is 0 Å². The molecule has 1 heterocycles. The maximum absolute atomic E-state index is 8.93. The highest BCUT2D eigenvalue weighted by Gasteiger charge is 2.09. The molecule has 1 atom stereocenters. The normalized spacial score (nSPS) is 12.5. The second kappa shape index (κ2) is 3.12. The lowest BCUT2D eigenvalue weighted by molar-refractivity contribution is 0.151. The zero-order valence-electron chi connectivity index (χ0n) is 5.98. The van der Waals surface area contributed by atoms with Crippen molar-refractivity contribution in [2.75, 3.05) is 0 Å². The lowest BCUT2D eigenvalue weighted by atomic mass is 10.4. The molecule has 0 aliphatic heterocycles. The molecule has 0 fully saturated rings. The van der Waals surface area contributed by atoms with E-state index in [1.54, 1.807) is 0 Å². The molecule has 5 nitrogen and oxygen atoms in total. The fraction of sp³-hybridized carbons (Fsp3) is 0.500. The van der Waals surface area contributed by atoms with E-state index in [1.807, 2.05) is 6.07 Å². The highest BCUT2D eigenvalue weighted by atomic mass is 16.5. The Kier molecular flexibility index (Phi) is 2.18. The van der Waals surface area contributed by atoms with Crippen LogP contribution >= 0.6 is 0 Å². The quantitative estimate of drug-likeness (QED) is 0.655. The molecule has 0 aliphatic carbocycles. The highest BCUT2D eigenvalue weighted by Crippen LogP contribution is 2.07. The molecule has 1 aromatic heterocycles. The Morgan fingerprint density at radius 2 is 2.55 bits per heavy atom. The van der Waals surface area contributed by atoms with Crippen molar-refractivity contribution in [3.63, 3.8) is 0 Å². The SMILES string of the molecule is CC(O)c1nc(CC#N)no1. The third-order valence-corrected chi connectivity index (χ3v) is 1.08. The number of hydrogen-bond acceptors (Lipinski definition) is 5. The van der Waals surface area contributed by atoms with Gasteiger partial charge in [0.25, 0.3) is 5.89 Å². The van der Waals surface area contributed by atoms with Crippen LogP contribution in [0.1, 0.15) is 24.7 Å². The maximum atomic E-state index is 8.93. The summed E-state index contributed by atoms with van der Waals surface area (Å²) in [6, 6.07) is 1.87. The van der Waals surface area contributed by atoms with E-state index in [4.69, 9.17) is 10.4 Å². The molecule has 1 N–H and O–H groups in total. The van der Waals surface area contributed by atoms with Gasteiger partial charge in [0.2, 0.25) is 0 Å². The number of nitriles is 1. The molecule has 1 aromatic rings. The predicted molar refractivity (Wildman–Crippen MR) is 34.2 cm³/mol. The first-order chi connectivity index (χ1) is 5.24. The van der Waals surface area contributed by atoms with Crippen LogP contribution < -0.4 is 0 Å². The standard InChI is InChI=1S/C6H7N3O2/c1-4(10)6-8-5(2-3-7)9-11-6/h4,10H,2H2,1H3. The molecule has 1 rings (SSSR count). The number of aliphatic hydroxyl groups excluding tert-OH is 1. The molecule has 0 saturated carbocycles. The van der Waals surface area contributed by atoms with Gasteiger partial charge in [-0.15, -0.1) is 0 Å². The van der Waals surface area contributed by atoms with E-state index < -0.39 is 6.10 Å². The number of aliphatic hydroxyl groups is 1. The van der Waals surface area contributed by atoms with Gasteiger partial charge < -0.3 is 9.63 Å². The van der Waals surface area contributed by atoms with Crippen molar-refractivity contribution in [2.24, 2.45) is 0 Å². The summed E-state index contributed by atoms with van der Waals surface area (Å²) in [4.78, 5) is 3.75. The van der Waals surface area contributed by atoms with Gasteiger partial charge in [-0.05, 0) is 6.92 Å². The van der Waals surface area contributed by atoms with E-state index in [0.717, 1.165) is 0 Å². The largest absolute Gasteiger partial charge is 0.384 e. The Morgan fingerprint density at radius 3 is 3.00 bits per heavy atom. The van der Waals surface area contributed by atoms with Crippen molar-refractivity contribution in [1.29, 1.82) is 5.26 Å². The Hall–Kier alpha value is -1.41. The molecular formula is C6H7N3O2. The van der Waals surface area contributed by atoms with E-state index >= 15 is 0 Å². The van der Waals surface area contributed by atoms with Crippen molar-refractivity contribution >= 4 is 0 Å². The van der Waals surface area contributed by atoms with Crippen molar-refractivity contribution in [3.05, 3.63) is 11.7 Å². The third-order valence-electron chi connectivity index (χ3n) is 1.08. The van der Waals surface area contributed by atoms with Gasteiger partial charge in [0.05, 0.1) is 12.5 Å². The van der Waals surface area contributed by atoms with Gasteiger partial charge in [0, 0.05) is 0 Å². The van der Waals surface area contributed by atoms with Gasteiger partial charge in [0.1, 0.15) is 6.10 Å². The lowest BCUT2D eigenvalue weighted by Gasteiger charge is -1.91. The molecule has 0 spiro atoms. The molecule has 0 radical (unpaired) electrons. The van der Waals surface area contributed by atoms with E-state index in [1.165, 1.54) is 6.92 Å². The second-order valence-corrected chi connectivity index (χ2v) is 2.06. The van der Waals surface area contributed by atoms with E-state index in [0.29, 0.717) is 5.82 Å². The molecule has 58 valence electrons. The monoisotopic (exact) mass is 153 g/mol. The lowest BCUT2D eigenvalue weighted by Crippen LogP contribution is -1.91. The van der Waals surface area contributed by atoms with Crippen molar-refractivity contribution in [1.82, 2.24) is 10.1 Å². The fourth-order valence-electron chi connectivity index (χ4n) is 0.580. The highest BCUT2D eigenvalue weighted by molar-refractivity contribution is 4.95. The minimum absolute atomic E-state index is 0.107. The summed E-state index contributed by atoms with van der Waals surface area (Å²) in [6.45, 7) is 1.52. The Labute approximate surface area is 63.3 Å². The molecule has 0 saturated heterocycles. The summed E-state index contributed by atoms with van der Waals surface area (Å²) in [7, 11) is 0. The first-order valence-electron chi connectivity index (χ1n) is 3.11. The number of rotatable bonds is 2. The van der Waals surface area contributed by atoms with Gasteiger partial charge in [-0.3, -0.25) is 0 Å². The van der Waals surface area contributed by atoms with Gasteiger partial charge >= 0.3 is 0 Å². The average Bonchev–Trinajstić information content (AvgIpc) is 2.37. The van der Waals surface area contributed by atoms with Crippen LogP contribution in [0.25, 0.3) is 0 Å². The predicted octanol–water partition coefficient (Wildman–Crippen LogP) is 0.189. The summed E-state index contributed by atoms with van der Waals surface area (Å²) >= 11 is 0. The van der Waals surface area contributed by atoms with Gasteiger partial charge in [-0.1, -0.05) is 5.16 Å². The van der Waals surface area contributed by atoms with Crippen molar-refractivity contribution in [3.8, 4) is 6.07 Å². The number of nitrogens with zero attached hydrogens (tertiary/aromatic N) is 3. The molecular weight excluding hydrogens is 146 g/mol. The second-order valence-electron chi connectivity index (χ2n) is 2.06. The average molecular weight is 153 g/mol. The third kappa shape index (κ3) is 1.75. The number of aromatic nitrogens is 2. The van der Waals surface area contributed by atoms with Crippen LogP contribution in [0, 0.1) is 11.3 Å². The summed E-state index contributed by atoms with van der Waals surface area (Å²) in [5.74, 6) is 0.457. The van der Waals surface area contributed by atoms with Gasteiger partial charge in [-0.2, -0.15) is 10.2 Å². The fourth-order valence-corrected chi connectivity index (χ4v) is 0.580.